The topological polar surface area (TPSA) is 61.4 Å². The predicted molar refractivity (Wildman–Crippen MR) is 80.7 cm³/mol. The van der Waals surface area contributed by atoms with Crippen LogP contribution in [0.15, 0.2) is 0 Å². The van der Waals surface area contributed by atoms with Crippen LogP contribution in [0.5, 0.6) is 0 Å². The summed E-state index contributed by atoms with van der Waals surface area (Å²) in [5.74, 6) is -0.0182. The minimum absolute atomic E-state index is 0.0182. The lowest BCUT2D eigenvalue weighted by molar-refractivity contribution is -0.124. The molecular formula is C15H29N3O2. The summed E-state index contributed by atoms with van der Waals surface area (Å²) in [5.41, 5.74) is 0. The molecule has 0 saturated carbocycles. The monoisotopic (exact) mass is 283 g/mol. The van der Waals surface area contributed by atoms with Crippen molar-refractivity contribution in [1.82, 2.24) is 15.5 Å². The largest absolute Gasteiger partial charge is 0.345 e. The standard InChI is InChI=1S/C15H29N3O2/c1-16-12-14(13-19)17-15(20)8-4-2-5-9-18-10-6-3-7-11-18/h13-14,16H,2-12H2,1H3,(H,17,20). The predicted octanol–water partition coefficient (Wildman–Crippen LogP) is 0.936. The molecule has 5 nitrogen and oxygen atoms in total. The first kappa shape index (κ1) is 17.1. The normalized spacial score (nSPS) is 17.6. The molecule has 1 saturated heterocycles. The number of nitrogens with zero attached hydrogens (tertiary/aromatic N) is 1. The molecule has 5 heteroatoms. The Morgan fingerprint density at radius 2 is 1.95 bits per heavy atom. The van der Waals surface area contributed by atoms with Gasteiger partial charge in [-0.25, -0.2) is 0 Å². The van der Waals surface area contributed by atoms with Gasteiger partial charge in [0, 0.05) is 13.0 Å². The molecule has 0 radical (unpaired) electrons. The van der Waals surface area contributed by atoms with Crippen LogP contribution in [0.25, 0.3) is 0 Å². The minimum Gasteiger partial charge on any atom is -0.345 e. The van der Waals surface area contributed by atoms with Crippen LogP contribution in [0.2, 0.25) is 0 Å². The van der Waals surface area contributed by atoms with Gasteiger partial charge >= 0.3 is 0 Å². The van der Waals surface area contributed by atoms with E-state index >= 15 is 0 Å². The van der Waals surface area contributed by atoms with E-state index in [1.54, 1.807) is 7.05 Å². The van der Waals surface area contributed by atoms with Crippen molar-refractivity contribution in [2.24, 2.45) is 0 Å². The van der Waals surface area contributed by atoms with Crippen LogP contribution in [-0.2, 0) is 9.59 Å². The Hall–Kier alpha value is -0.940. The molecule has 0 bridgehead atoms. The van der Waals surface area contributed by atoms with Crippen LogP contribution in [0.1, 0.15) is 44.9 Å². The number of carbonyl (C=O) groups excluding carboxylic acids is 2. The zero-order valence-electron chi connectivity index (χ0n) is 12.7. The summed E-state index contributed by atoms with van der Waals surface area (Å²) in [6.07, 6.45) is 8.51. The highest BCUT2D eigenvalue weighted by atomic mass is 16.2. The highest BCUT2D eigenvalue weighted by Crippen LogP contribution is 2.10. The van der Waals surface area contributed by atoms with Crippen molar-refractivity contribution < 1.29 is 9.59 Å². The number of likely N-dealkylation sites (tertiary alicyclic amines) is 1. The summed E-state index contributed by atoms with van der Waals surface area (Å²) in [4.78, 5) is 24.9. The highest BCUT2D eigenvalue weighted by molar-refractivity contribution is 5.79. The third-order valence-corrected chi connectivity index (χ3v) is 3.76. The van der Waals surface area contributed by atoms with Gasteiger partial charge in [-0.3, -0.25) is 4.79 Å². The first-order valence-electron chi connectivity index (χ1n) is 7.88. The lowest BCUT2D eigenvalue weighted by Crippen LogP contribution is -2.42. The van der Waals surface area contributed by atoms with Crippen LogP contribution < -0.4 is 10.6 Å². The minimum atomic E-state index is -0.402. The van der Waals surface area contributed by atoms with Gasteiger partial charge < -0.3 is 20.3 Å². The molecule has 1 fully saturated rings. The van der Waals surface area contributed by atoms with E-state index in [1.165, 1.54) is 45.3 Å². The molecule has 1 rings (SSSR count). The summed E-state index contributed by atoms with van der Waals surface area (Å²) >= 11 is 0. The van der Waals surface area contributed by atoms with Gasteiger partial charge in [0.2, 0.25) is 5.91 Å². The van der Waals surface area contributed by atoms with Crippen molar-refractivity contribution in [3.63, 3.8) is 0 Å². The second-order valence-electron chi connectivity index (χ2n) is 5.58. The van der Waals surface area contributed by atoms with Crippen LogP contribution in [0, 0.1) is 0 Å². The van der Waals surface area contributed by atoms with Crippen molar-refractivity contribution in [3.8, 4) is 0 Å². The summed E-state index contributed by atoms with van der Waals surface area (Å²) in [5, 5.41) is 5.61. The Kier molecular flexibility index (Phi) is 9.24. The number of likely N-dealkylation sites (N-methyl/N-ethyl adjacent to an activating group) is 1. The van der Waals surface area contributed by atoms with E-state index < -0.39 is 6.04 Å². The number of amides is 1. The number of hydrogen-bond donors (Lipinski definition) is 2. The molecule has 1 heterocycles. The van der Waals surface area contributed by atoms with Gasteiger partial charge in [-0.1, -0.05) is 12.8 Å². The SMILES string of the molecule is CNCC(C=O)NC(=O)CCCCCN1CCCCC1. The highest BCUT2D eigenvalue weighted by Gasteiger charge is 2.11. The van der Waals surface area contributed by atoms with Crippen LogP contribution in [-0.4, -0.2) is 56.4 Å². The van der Waals surface area contributed by atoms with E-state index in [1.807, 2.05) is 0 Å². The molecule has 1 aliphatic rings. The van der Waals surface area contributed by atoms with Crippen molar-refractivity contribution in [1.29, 1.82) is 0 Å². The number of hydrogen-bond acceptors (Lipinski definition) is 4. The van der Waals surface area contributed by atoms with Gasteiger partial charge in [0.1, 0.15) is 6.29 Å². The van der Waals surface area contributed by atoms with Gasteiger partial charge in [0.25, 0.3) is 0 Å². The number of piperidine rings is 1. The molecule has 0 spiro atoms. The Labute approximate surface area is 122 Å². The first-order valence-corrected chi connectivity index (χ1v) is 7.88. The lowest BCUT2D eigenvalue weighted by atomic mass is 10.1. The number of nitrogens with one attached hydrogen (secondary N) is 2. The van der Waals surface area contributed by atoms with Crippen molar-refractivity contribution in [2.45, 2.75) is 51.0 Å². The molecule has 0 aliphatic carbocycles. The molecule has 1 atom stereocenters. The summed E-state index contributed by atoms with van der Waals surface area (Å²) < 4.78 is 0. The zero-order valence-corrected chi connectivity index (χ0v) is 12.7. The van der Waals surface area contributed by atoms with Gasteiger partial charge in [-0.2, -0.15) is 0 Å². The quantitative estimate of drug-likeness (QED) is 0.463. The Balaban J connectivity index is 1.99. The van der Waals surface area contributed by atoms with E-state index in [-0.39, 0.29) is 5.91 Å². The van der Waals surface area contributed by atoms with E-state index in [0.717, 1.165) is 19.1 Å². The average Bonchev–Trinajstić information content (AvgIpc) is 2.47. The first-order chi connectivity index (χ1) is 9.76. The summed E-state index contributed by atoms with van der Waals surface area (Å²) in [6.45, 7) is 4.14. The zero-order chi connectivity index (χ0) is 14.6. The van der Waals surface area contributed by atoms with Gasteiger partial charge in [-0.15, -0.1) is 0 Å². The second-order valence-corrected chi connectivity index (χ2v) is 5.58. The Morgan fingerprint density at radius 1 is 1.20 bits per heavy atom. The van der Waals surface area contributed by atoms with Crippen molar-refractivity contribution >= 4 is 12.2 Å². The molecule has 1 unspecified atom stereocenters. The number of rotatable bonds is 10. The van der Waals surface area contributed by atoms with Gasteiger partial charge in [0.15, 0.2) is 0 Å². The molecule has 0 aromatic carbocycles. The summed E-state index contributed by atoms with van der Waals surface area (Å²) in [7, 11) is 1.77. The molecule has 0 aromatic heterocycles. The smallest absolute Gasteiger partial charge is 0.220 e. The molecular weight excluding hydrogens is 254 g/mol. The maximum Gasteiger partial charge on any atom is 0.220 e. The van der Waals surface area contributed by atoms with Crippen LogP contribution >= 0.6 is 0 Å². The fourth-order valence-electron chi connectivity index (χ4n) is 2.61. The van der Waals surface area contributed by atoms with E-state index in [9.17, 15) is 9.59 Å². The Morgan fingerprint density at radius 3 is 2.60 bits per heavy atom. The third-order valence-electron chi connectivity index (χ3n) is 3.76. The number of aldehydes is 1. The van der Waals surface area contributed by atoms with Gasteiger partial charge in [-0.05, 0) is 52.4 Å². The Bertz CT molecular complexity index is 278. The fraction of sp³-hybridized carbons (Fsp3) is 0.867. The average molecular weight is 283 g/mol. The molecule has 20 heavy (non-hydrogen) atoms. The molecule has 0 aromatic rings. The van der Waals surface area contributed by atoms with Crippen LogP contribution in [0.3, 0.4) is 0 Å². The fourth-order valence-corrected chi connectivity index (χ4v) is 2.61. The summed E-state index contributed by atoms with van der Waals surface area (Å²) in [6, 6.07) is -0.402. The van der Waals surface area contributed by atoms with Crippen LogP contribution in [0.4, 0.5) is 0 Å². The van der Waals surface area contributed by atoms with Gasteiger partial charge in [0.05, 0.1) is 6.04 Å². The maximum atomic E-state index is 11.6. The third kappa shape index (κ3) is 7.60. The van der Waals surface area contributed by atoms with E-state index in [0.29, 0.717) is 13.0 Å². The van der Waals surface area contributed by atoms with E-state index in [4.69, 9.17) is 0 Å². The van der Waals surface area contributed by atoms with Crippen molar-refractivity contribution in [2.75, 3.05) is 33.2 Å². The lowest BCUT2D eigenvalue weighted by Gasteiger charge is -2.26. The molecule has 1 aliphatic heterocycles. The maximum absolute atomic E-state index is 11.6. The van der Waals surface area contributed by atoms with Crippen molar-refractivity contribution in [3.05, 3.63) is 0 Å². The molecule has 1 amide bonds. The molecule has 2 N–H and O–H groups in total. The van der Waals surface area contributed by atoms with E-state index in [2.05, 4.69) is 15.5 Å². The number of unbranched alkanes of at least 4 members (excludes halogenated alkanes) is 2. The second kappa shape index (κ2) is 10.8. The molecule has 116 valence electrons. The number of carbonyl (C=O) groups is 2.